The zero-order valence-corrected chi connectivity index (χ0v) is 17.3. The summed E-state index contributed by atoms with van der Waals surface area (Å²) in [5, 5.41) is 14.0. The third-order valence-corrected chi connectivity index (χ3v) is 5.41. The van der Waals surface area contributed by atoms with Crippen LogP contribution in [0.3, 0.4) is 0 Å². The van der Waals surface area contributed by atoms with Gasteiger partial charge >= 0.3 is 0 Å². The van der Waals surface area contributed by atoms with E-state index < -0.39 is 14.9 Å². The number of anilines is 4. The maximum Gasteiger partial charge on any atom is 0.270 e. The SMILES string of the molecule is Cc1nc(Nc2ccc(NS(=O)(=O)c3cccc([N+](=O)[O-])c3)cc2)cc(N(C)C)n1. The monoisotopic (exact) mass is 428 g/mol. The van der Waals surface area contributed by atoms with Gasteiger partial charge in [-0.05, 0) is 37.3 Å². The highest BCUT2D eigenvalue weighted by molar-refractivity contribution is 7.92. The van der Waals surface area contributed by atoms with Gasteiger partial charge in [-0.15, -0.1) is 0 Å². The van der Waals surface area contributed by atoms with Crippen molar-refractivity contribution in [3.8, 4) is 0 Å². The van der Waals surface area contributed by atoms with E-state index in [1.165, 1.54) is 18.2 Å². The van der Waals surface area contributed by atoms with E-state index in [4.69, 9.17) is 0 Å². The van der Waals surface area contributed by atoms with Gasteiger partial charge in [-0.2, -0.15) is 0 Å². The number of rotatable bonds is 7. The average molecular weight is 428 g/mol. The Labute approximate surface area is 173 Å². The van der Waals surface area contributed by atoms with E-state index in [2.05, 4.69) is 20.0 Å². The fourth-order valence-corrected chi connectivity index (χ4v) is 3.69. The molecule has 0 bridgehead atoms. The molecule has 11 heteroatoms. The smallest absolute Gasteiger partial charge is 0.270 e. The number of nitro benzene ring substituents is 1. The third kappa shape index (κ3) is 5.00. The molecule has 1 heterocycles. The standard InChI is InChI=1S/C19H20N6O4S/c1-13-20-18(12-19(21-13)24(2)3)22-14-7-9-15(10-8-14)23-30(28,29)17-6-4-5-16(11-17)25(26)27/h4-12,23H,1-3H3,(H,20,21,22). The second kappa shape index (κ2) is 8.33. The van der Waals surface area contributed by atoms with Crippen LogP contribution in [0, 0.1) is 17.0 Å². The molecule has 0 fully saturated rings. The van der Waals surface area contributed by atoms with Crippen LogP contribution in [0.4, 0.5) is 28.7 Å². The first kappa shape index (κ1) is 21.0. The summed E-state index contributed by atoms with van der Waals surface area (Å²) in [5.74, 6) is 1.98. The van der Waals surface area contributed by atoms with Gasteiger partial charge in [0.15, 0.2) is 0 Å². The van der Waals surface area contributed by atoms with Gasteiger partial charge in [-0.3, -0.25) is 14.8 Å². The van der Waals surface area contributed by atoms with Crippen molar-refractivity contribution in [3.05, 3.63) is 70.5 Å². The second-order valence-electron chi connectivity index (χ2n) is 6.62. The minimum atomic E-state index is -3.96. The number of nitro groups is 1. The van der Waals surface area contributed by atoms with E-state index in [-0.39, 0.29) is 10.6 Å². The molecule has 1 aromatic heterocycles. The summed E-state index contributed by atoms with van der Waals surface area (Å²) in [6.07, 6.45) is 0. The molecule has 30 heavy (non-hydrogen) atoms. The number of aromatic nitrogens is 2. The molecule has 2 N–H and O–H groups in total. The Morgan fingerprint density at radius 2 is 1.67 bits per heavy atom. The maximum atomic E-state index is 12.5. The van der Waals surface area contributed by atoms with E-state index >= 15 is 0 Å². The van der Waals surface area contributed by atoms with Crippen molar-refractivity contribution in [3.63, 3.8) is 0 Å². The number of nitrogens with one attached hydrogen (secondary N) is 2. The van der Waals surface area contributed by atoms with Gasteiger partial charge in [0.25, 0.3) is 15.7 Å². The van der Waals surface area contributed by atoms with Crippen LogP contribution in [0.5, 0.6) is 0 Å². The van der Waals surface area contributed by atoms with Gasteiger partial charge in [-0.25, -0.2) is 18.4 Å². The fraction of sp³-hybridized carbons (Fsp3) is 0.158. The van der Waals surface area contributed by atoms with Crippen molar-refractivity contribution < 1.29 is 13.3 Å². The highest BCUT2D eigenvalue weighted by Crippen LogP contribution is 2.23. The molecule has 0 aliphatic carbocycles. The van der Waals surface area contributed by atoms with Gasteiger partial charge in [0.1, 0.15) is 17.5 Å². The number of aryl methyl sites for hydroxylation is 1. The van der Waals surface area contributed by atoms with Gasteiger partial charge in [0.05, 0.1) is 9.82 Å². The molecule has 0 unspecified atom stereocenters. The van der Waals surface area contributed by atoms with E-state index in [1.54, 1.807) is 37.3 Å². The summed E-state index contributed by atoms with van der Waals surface area (Å²) >= 11 is 0. The molecule has 0 aliphatic heterocycles. The van der Waals surface area contributed by atoms with Crippen LogP contribution in [0.15, 0.2) is 59.5 Å². The zero-order valence-electron chi connectivity index (χ0n) is 16.5. The molecule has 2 aromatic carbocycles. The van der Waals surface area contributed by atoms with Crippen molar-refractivity contribution in [1.82, 2.24) is 9.97 Å². The Balaban J connectivity index is 1.76. The Morgan fingerprint density at radius 1 is 1.00 bits per heavy atom. The molecule has 0 amide bonds. The van der Waals surface area contributed by atoms with Crippen molar-refractivity contribution >= 4 is 38.7 Å². The summed E-state index contributed by atoms with van der Waals surface area (Å²) in [4.78, 5) is 20.6. The second-order valence-corrected chi connectivity index (χ2v) is 8.30. The first-order chi connectivity index (χ1) is 14.1. The van der Waals surface area contributed by atoms with E-state index in [0.29, 0.717) is 23.0 Å². The predicted molar refractivity (Wildman–Crippen MR) is 115 cm³/mol. The number of benzene rings is 2. The van der Waals surface area contributed by atoms with Crippen LogP contribution in [0.2, 0.25) is 0 Å². The fourth-order valence-electron chi connectivity index (χ4n) is 2.59. The number of sulfonamides is 1. The van der Waals surface area contributed by atoms with E-state index in [1.807, 2.05) is 19.0 Å². The largest absolute Gasteiger partial charge is 0.363 e. The highest BCUT2D eigenvalue weighted by atomic mass is 32.2. The summed E-state index contributed by atoms with van der Waals surface area (Å²) in [6.45, 7) is 1.80. The highest BCUT2D eigenvalue weighted by Gasteiger charge is 2.17. The predicted octanol–water partition coefficient (Wildman–Crippen LogP) is 3.30. The molecule has 0 saturated carbocycles. The van der Waals surface area contributed by atoms with Crippen molar-refractivity contribution in [2.75, 3.05) is 29.0 Å². The van der Waals surface area contributed by atoms with Gasteiger partial charge in [0, 0.05) is 43.7 Å². The van der Waals surface area contributed by atoms with Crippen LogP contribution in [0.25, 0.3) is 0 Å². The number of hydrogen-bond acceptors (Lipinski definition) is 8. The van der Waals surface area contributed by atoms with Crippen LogP contribution >= 0.6 is 0 Å². The first-order valence-electron chi connectivity index (χ1n) is 8.81. The van der Waals surface area contributed by atoms with Crippen molar-refractivity contribution in [1.29, 1.82) is 0 Å². The first-order valence-corrected chi connectivity index (χ1v) is 10.3. The Hall–Kier alpha value is -3.73. The minimum absolute atomic E-state index is 0.188. The van der Waals surface area contributed by atoms with Crippen LogP contribution in [0.1, 0.15) is 5.82 Å². The minimum Gasteiger partial charge on any atom is -0.363 e. The lowest BCUT2D eigenvalue weighted by atomic mass is 10.3. The molecular weight excluding hydrogens is 408 g/mol. The number of nitrogens with zero attached hydrogens (tertiary/aromatic N) is 4. The Bertz CT molecular complexity index is 1180. The number of non-ortho nitro benzene ring substituents is 1. The van der Waals surface area contributed by atoms with Gasteiger partial charge < -0.3 is 10.2 Å². The molecule has 0 spiro atoms. The summed E-state index contributed by atoms with van der Waals surface area (Å²) < 4.78 is 27.5. The molecule has 3 aromatic rings. The molecule has 0 saturated heterocycles. The molecule has 3 rings (SSSR count). The summed E-state index contributed by atoms with van der Waals surface area (Å²) in [5.41, 5.74) is 0.727. The quantitative estimate of drug-likeness (QED) is 0.433. The Kier molecular flexibility index (Phi) is 5.83. The topological polar surface area (TPSA) is 130 Å². The lowest BCUT2D eigenvalue weighted by Gasteiger charge is -2.14. The molecule has 0 radical (unpaired) electrons. The maximum absolute atomic E-state index is 12.5. The molecule has 10 nitrogen and oxygen atoms in total. The van der Waals surface area contributed by atoms with Crippen molar-refractivity contribution in [2.24, 2.45) is 0 Å². The van der Waals surface area contributed by atoms with Crippen molar-refractivity contribution in [2.45, 2.75) is 11.8 Å². The van der Waals surface area contributed by atoms with Crippen LogP contribution in [-0.4, -0.2) is 37.4 Å². The van der Waals surface area contributed by atoms with E-state index in [0.717, 1.165) is 11.9 Å². The zero-order chi connectivity index (χ0) is 21.9. The normalized spacial score (nSPS) is 11.0. The van der Waals surface area contributed by atoms with Crippen LogP contribution < -0.4 is 14.9 Å². The van der Waals surface area contributed by atoms with Gasteiger partial charge in [0.2, 0.25) is 0 Å². The van der Waals surface area contributed by atoms with Gasteiger partial charge in [-0.1, -0.05) is 6.07 Å². The van der Waals surface area contributed by atoms with E-state index in [9.17, 15) is 18.5 Å². The molecular formula is C19H20N6O4S. The Morgan fingerprint density at radius 3 is 2.30 bits per heavy atom. The van der Waals surface area contributed by atoms with Crippen LogP contribution in [-0.2, 0) is 10.0 Å². The average Bonchev–Trinajstić information content (AvgIpc) is 2.69. The molecule has 0 aliphatic rings. The molecule has 156 valence electrons. The molecule has 0 atom stereocenters. The lowest BCUT2D eigenvalue weighted by molar-refractivity contribution is -0.385. The summed E-state index contributed by atoms with van der Waals surface area (Å²) in [6, 6.07) is 13.2. The summed E-state index contributed by atoms with van der Waals surface area (Å²) in [7, 11) is -0.197. The number of hydrogen-bond donors (Lipinski definition) is 2. The third-order valence-electron chi connectivity index (χ3n) is 4.03. The lowest BCUT2D eigenvalue weighted by Crippen LogP contribution is -2.13.